The van der Waals surface area contributed by atoms with Crippen molar-refractivity contribution >= 4 is 11.9 Å². The highest BCUT2D eigenvalue weighted by Gasteiger charge is 2.22. The fraction of sp³-hybridized carbons (Fsp3) is 0.800. The van der Waals surface area contributed by atoms with Gasteiger partial charge in [0.1, 0.15) is 0 Å². The van der Waals surface area contributed by atoms with Crippen molar-refractivity contribution in [2.45, 2.75) is 13.8 Å². The highest BCUT2D eigenvalue weighted by molar-refractivity contribution is 5.79. The molecule has 86 valence electrons. The molecule has 5 nitrogen and oxygen atoms in total. The maximum Gasteiger partial charge on any atom is 0.309 e. The molecule has 1 unspecified atom stereocenters. The van der Waals surface area contributed by atoms with E-state index >= 15 is 0 Å². The number of hydrogen-bond donors (Lipinski definition) is 1. The third-order valence-corrected chi connectivity index (χ3v) is 2.34. The van der Waals surface area contributed by atoms with Crippen LogP contribution in [0.1, 0.15) is 13.8 Å². The van der Waals surface area contributed by atoms with Crippen molar-refractivity contribution < 1.29 is 14.3 Å². The highest BCUT2D eigenvalue weighted by atomic mass is 16.5. The van der Waals surface area contributed by atoms with E-state index in [-0.39, 0.29) is 17.8 Å². The van der Waals surface area contributed by atoms with Gasteiger partial charge in [-0.05, 0) is 6.92 Å². The average Bonchev–Trinajstić information content (AvgIpc) is 2.18. The van der Waals surface area contributed by atoms with Gasteiger partial charge >= 0.3 is 5.97 Å². The second-order valence-corrected chi connectivity index (χ2v) is 3.74. The second-order valence-electron chi connectivity index (χ2n) is 3.74. The van der Waals surface area contributed by atoms with Crippen molar-refractivity contribution in [3.05, 3.63) is 0 Å². The monoisotopic (exact) mass is 214 g/mol. The van der Waals surface area contributed by atoms with E-state index in [1.165, 1.54) is 0 Å². The van der Waals surface area contributed by atoms with E-state index in [9.17, 15) is 9.59 Å². The molecule has 0 spiro atoms. The quantitative estimate of drug-likeness (QED) is 0.648. The van der Waals surface area contributed by atoms with Crippen LogP contribution in [0.25, 0.3) is 0 Å². The summed E-state index contributed by atoms with van der Waals surface area (Å²) >= 11 is 0. The number of carbonyl (C=O) groups excluding carboxylic acids is 2. The highest BCUT2D eigenvalue weighted by Crippen LogP contribution is 2.04. The van der Waals surface area contributed by atoms with Crippen LogP contribution in [0, 0.1) is 5.92 Å². The van der Waals surface area contributed by atoms with Gasteiger partial charge in [0.2, 0.25) is 5.91 Å². The summed E-state index contributed by atoms with van der Waals surface area (Å²) in [6.45, 7) is 6.45. The van der Waals surface area contributed by atoms with Crippen molar-refractivity contribution in [3.63, 3.8) is 0 Å². The lowest BCUT2D eigenvalue weighted by Gasteiger charge is -2.28. The van der Waals surface area contributed by atoms with Gasteiger partial charge in [0.05, 0.1) is 19.1 Å². The average molecular weight is 214 g/mol. The van der Waals surface area contributed by atoms with Crippen molar-refractivity contribution in [1.29, 1.82) is 0 Å². The van der Waals surface area contributed by atoms with Gasteiger partial charge in [0, 0.05) is 19.6 Å². The Balaban J connectivity index is 2.33. The number of nitrogens with zero attached hydrogens (tertiary/aromatic N) is 1. The lowest BCUT2D eigenvalue weighted by Crippen LogP contribution is -2.49. The zero-order valence-electron chi connectivity index (χ0n) is 9.28. The molecule has 0 saturated carbocycles. The number of amides is 1. The van der Waals surface area contributed by atoms with Gasteiger partial charge in [-0.15, -0.1) is 0 Å². The molecule has 1 aliphatic rings. The Morgan fingerprint density at radius 2 is 2.40 bits per heavy atom. The Morgan fingerprint density at radius 3 is 3.00 bits per heavy atom. The van der Waals surface area contributed by atoms with Crippen molar-refractivity contribution in [3.8, 4) is 0 Å². The van der Waals surface area contributed by atoms with Gasteiger partial charge in [-0.2, -0.15) is 0 Å². The predicted octanol–water partition coefficient (Wildman–Crippen LogP) is -0.383. The number of rotatable bonds is 4. The first-order valence-electron chi connectivity index (χ1n) is 5.29. The smallest absolute Gasteiger partial charge is 0.309 e. The fourth-order valence-electron chi connectivity index (χ4n) is 1.59. The molecule has 0 radical (unpaired) electrons. The molecule has 1 N–H and O–H groups in total. The van der Waals surface area contributed by atoms with Crippen LogP contribution in [0.4, 0.5) is 0 Å². The molecule has 1 amide bonds. The fourth-order valence-corrected chi connectivity index (χ4v) is 1.59. The van der Waals surface area contributed by atoms with Gasteiger partial charge in [-0.1, -0.05) is 6.92 Å². The molecule has 1 atom stereocenters. The molecular weight excluding hydrogens is 196 g/mol. The first kappa shape index (κ1) is 12.0. The Morgan fingerprint density at radius 1 is 1.67 bits per heavy atom. The first-order chi connectivity index (χ1) is 7.13. The standard InChI is InChI=1S/C10H18N2O3/c1-3-15-10(14)8(2)6-12-5-4-11-9(13)7-12/h8H,3-7H2,1-2H3,(H,11,13). The van der Waals surface area contributed by atoms with Crippen LogP contribution >= 0.6 is 0 Å². The van der Waals surface area contributed by atoms with Crippen LogP contribution in [-0.2, 0) is 14.3 Å². The van der Waals surface area contributed by atoms with E-state index in [2.05, 4.69) is 5.32 Å². The number of piperazine rings is 1. The van der Waals surface area contributed by atoms with E-state index < -0.39 is 0 Å². The minimum atomic E-state index is -0.191. The van der Waals surface area contributed by atoms with Gasteiger partial charge in [-0.25, -0.2) is 0 Å². The molecule has 5 heteroatoms. The maximum atomic E-state index is 11.3. The van der Waals surface area contributed by atoms with E-state index in [0.29, 0.717) is 26.2 Å². The second kappa shape index (κ2) is 5.70. The summed E-state index contributed by atoms with van der Waals surface area (Å²) in [4.78, 5) is 24.4. The first-order valence-corrected chi connectivity index (χ1v) is 5.29. The summed E-state index contributed by atoms with van der Waals surface area (Å²) in [5, 5.41) is 2.74. The number of carbonyl (C=O) groups is 2. The third-order valence-electron chi connectivity index (χ3n) is 2.34. The molecule has 1 aliphatic heterocycles. The molecule has 15 heavy (non-hydrogen) atoms. The third kappa shape index (κ3) is 3.87. The van der Waals surface area contributed by atoms with Crippen molar-refractivity contribution in [2.75, 3.05) is 32.8 Å². The van der Waals surface area contributed by atoms with Crippen LogP contribution in [0.15, 0.2) is 0 Å². The Labute approximate surface area is 89.8 Å². The van der Waals surface area contributed by atoms with Gasteiger partial charge < -0.3 is 10.1 Å². The van der Waals surface area contributed by atoms with E-state index in [0.717, 1.165) is 6.54 Å². The molecule has 1 rings (SSSR count). The lowest BCUT2D eigenvalue weighted by molar-refractivity contribution is -0.148. The molecule has 0 bridgehead atoms. The van der Waals surface area contributed by atoms with Crippen LogP contribution in [0.3, 0.4) is 0 Å². The van der Waals surface area contributed by atoms with Gasteiger partial charge in [-0.3, -0.25) is 14.5 Å². The van der Waals surface area contributed by atoms with E-state index in [1.807, 2.05) is 11.8 Å². The Kier molecular flexibility index (Phi) is 4.55. The summed E-state index contributed by atoms with van der Waals surface area (Å²) in [5.41, 5.74) is 0. The molecule has 1 heterocycles. The lowest BCUT2D eigenvalue weighted by atomic mass is 10.1. The molecular formula is C10H18N2O3. The Bertz CT molecular complexity index is 243. The predicted molar refractivity (Wildman–Crippen MR) is 55.2 cm³/mol. The van der Waals surface area contributed by atoms with Crippen LogP contribution < -0.4 is 5.32 Å². The normalized spacial score (nSPS) is 19.5. The molecule has 0 aromatic rings. The number of ether oxygens (including phenoxy) is 1. The molecule has 1 fully saturated rings. The summed E-state index contributed by atoms with van der Waals surface area (Å²) in [6.07, 6.45) is 0. The van der Waals surface area contributed by atoms with Crippen LogP contribution in [0.5, 0.6) is 0 Å². The van der Waals surface area contributed by atoms with E-state index in [4.69, 9.17) is 4.74 Å². The minimum Gasteiger partial charge on any atom is -0.466 e. The number of hydrogen-bond acceptors (Lipinski definition) is 4. The summed E-state index contributed by atoms with van der Waals surface area (Å²) in [6, 6.07) is 0. The van der Waals surface area contributed by atoms with Crippen molar-refractivity contribution in [2.24, 2.45) is 5.92 Å². The number of esters is 1. The topological polar surface area (TPSA) is 58.6 Å². The molecule has 0 aromatic heterocycles. The largest absolute Gasteiger partial charge is 0.466 e. The maximum absolute atomic E-state index is 11.3. The number of nitrogens with one attached hydrogen (secondary N) is 1. The van der Waals surface area contributed by atoms with Crippen molar-refractivity contribution in [1.82, 2.24) is 10.2 Å². The zero-order chi connectivity index (χ0) is 11.3. The molecule has 1 saturated heterocycles. The zero-order valence-corrected chi connectivity index (χ0v) is 9.28. The SMILES string of the molecule is CCOC(=O)C(C)CN1CCNC(=O)C1. The minimum absolute atomic E-state index is 0.0253. The summed E-state index contributed by atoms with van der Waals surface area (Å²) in [7, 11) is 0. The van der Waals surface area contributed by atoms with Crippen LogP contribution in [0.2, 0.25) is 0 Å². The van der Waals surface area contributed by atoms with E-state index in [1.54, 1.807) is 6.92 Å². The van der Waals surface area contributed by atoms with Gasteiger partial charge in [0.25, 0.3) is 0 Å². The molecule has 0 aliphatic carbocycles. The Hall–Kier alpha value is -1.10. The molecule has 0 aromatic carbocycles. The van der Waals surface area contributed by atoms with Gasteiger partial charge in [0.15, 0.2) is 0 Å². The summed E-state index contributed by atoms with van der Waals surface area (Å²) in [5.74, 6) is -0.336. The summed E-state index contributed by atoms with van der Waals surface area (Å²) < 4.78 is 4.91. The van der Waals surface area contributed by atoms with Crippen LogP contribution in [-0.4, -0.2) is 49.6 Å².